The molecule has 0 radical (unpaired) electrons. The summed E-state index contributed by atoms with van der Waals surface area (Å²) in [6.45, 7) is 0. The molecular formula is C16H11FN3O4S-. The summed E-state index contributed by atoms with van der Waals surface area (Å²) in [7, 11) is 0. The van der Waals surface area contributed by atoms with Crippen LogP contribution in [0.5, 0.6) is 0 Å². The Morgan fingerprint density at radius 1 is 1.36 bits per heavy atom. The van der Waals surface area contributed by atoms with E-state index in [1.807, 2.05) is 0 Å². The molecule has 0 N–H and O–H groups in total. The molecule has 1 amide bonds. The minimum atomic E-state index is -1.34. The number of halogens is 1. The Balaban J connectivity index is 1.90. The van der Waals surface area contributed by atoms with Gasteiger partial charge in [-0.3, -0.25) is 9.69 Å². The highest BCUT2D eigenvalue weighted by Crippen LogP contribution is 2.33. The summed E-state index contributed by atoms with van der Waals surface area (Å²) in [6, 6.07) is 8.56. The van der Waals surface area contributed by atoms with E-state index in [4.69, 9.17) is 4.42 Å². The van der Waals surface area contributed by atoms with Crippen molar-refractivity contribution in [1.82, 2.24) is 0 Å². The van der Waals surface area contributed by atoms with Crippen molar-refractivity contribution in [2.75, 3.05) is 4.90 Å². The van der Waals surface area contributed by atoms with Gasteiger partial charge in [-0.2, -0.15) is 5.10 Å². The number of hydrogen-bond donors (Lipinski definition) is 0. The van der Waals surface area contributed by atoms with Gasteiger partial charge in [-0.15, -0.1) is 5.10 Å². The van der Waals surface area contributed by atoms with Gasteiger partial charge in [0.15, 0.2) is 5.17 Å². The van der Waals surface area contributed by atoms with Crippen LogP contribution in [0.4, 0.5) is 10.1 Å². The Morgan fingerprint density at radius 3 is 2.76 bits per heavy atom. The predicted molar refractivity (Wildman–Crippen MR) is 88.6 cm³/mol. The van der Waals surface area contributed by atoms with Gasteiger partial charge in [0, 0.05) is 12.4 Å². The maximum atomic E-state index is 13.1. The predicted octanol–water partition coefficient (Wildman–Crippen LogP) is 1.40. The lowest BCUT2D eigenvalue weighted by molar-refractivity contribution is -0.305. The van der Waals surface area contributed by atoms with Gasteiger partial charge in [-0.05, 0) is 36.4 Å². The third kappa shape index (κ3) is 3.94. The van der Waals surface area contributed by atoms with Crippen molar-refractivity contribution in [2.45, 2.75) is 11.7 Å². The average molecular weight is 360 g/mol. The molecule has 7 nitrogen and oxygen atoms in total. The van der Waals surface area contributed by atoms with Crippen LogP contribution in [0.15, 0.2) is 57.3 Å². The third-order valence-corrected chi connectivity index (χ3v) is 4.37. The molecule has 1 fully saturated rings. The number of benzene rings is 1. The van der Waals surface area contributed by atoms with E-state index in [1.54, 1.807) is 12.1 Å². The summed E-state index contributed by atoms with van der Waals surface area (Å²) in [5.74, 6) is -1.81. The first kappa shape index (κ1) is 16.9. The van der Waals surface area contributed by atoms with Gasteiger partial charge in [-0.25, -0.2) is 4.39 Å². The number of rotatable bonds is 5. The number of thioether (sulfide) groups is 1. The molecule has 2 heterocycles. The van der Waals surface area contributed by atoms with Gasteiger partial charge in [0.2, 0.25) is 5.91 Å². The number of carbonyl (C=O) groups excluding carboxylic acids is 2. The van der Waals surface area contributed by atoms with E-state index in [-0.39, 0.29) is 5.17 Å². The van der Waals surface area contributed by atoms with Crippen LogP contribution in [-0.2, 0) is 9.59 Å². The van der Waals surface area contributed by atoms with Gasteiger partial charge in [0.1, 0.15) is 11.6 Å². The van der Waals surface area contributed by atoms with E-state index >= 15 is 0 Å². The third-order valence-electron chi connectivity index (χ3n) is 3.24. The molecule has 1 aromatic carbocycles. The van der Waals surface area contributed by atoms with Gasteiger partial charge >= 0.3 is 0 Å². The van der Waals surface area contributed by atoms with Crippen LogP contribution in [0.1, 0.15) is 12.2 Å². The topological polar surface area (TPSA) is 98.3 Å². The zero-order chi connectivity index (χ0) is 17.8. The molecule has 9 heteroatoms. The molecule has 0 saturated carbocycles. The summed E-state index contributed by atoms with van der Waals surface area (Å²) in [4.78, 5) is 24.5. The van der Waals surface area contributed by atoms with E-state index in [0.717, 1.165) is 11.8 Å². The fourth-order valence-electron chi connectivity index (χ4n) is 2.14. The Labute approximate surface area is 145 Å². The number of nitrogens with zero attached hydrogens (tertiary/aromatic N) is 3. The quantitative estimate of drug-likeness (QED) is 0.593. The number of amides is 1. The van der Waals surface area contributed by atoms with Gasteiger partial charge < -0.3 is 14.3 Å². The summed E-state index contributed by atoms with van der Waals surface area (Å²) in [6.07, 6.45) is 2.37. The molecule has 0 unspecified atom stereocenters. The lowest BCUT2D eigenvalue weighted by atomic mass is 10.2. The van der Waals surface area contributed by atoms with Crippen LogP contribution in [-0.4, -0.2) is 28.5 Å². The molecule has 128 valence electrons. The Kier molecular flexibility index (Phi) is 4.94. The lowest BCUT2D eigenvalue weighted by Gasteiger charge is -2.15. The van der Waals surface area contributed by atoms with E-state index in [9.17, 15) is 19.1 Å². The number of amidine groups is 1. The summed E-state index contributed by atoms with van der Waals surface area (Å²) in [5, 5.41) is 18.0. The molecule has 1 atom stereocenters. The minimum Gasteiger partial charge on any atom is -0.550 e. The van der Waals surface area contributed by atoms with Crippen molar-refractivity contribution in [2.24, 2.45) is 10.2 Å². The summed E-state index contributed by atoms with van der Waals surface area (Å²) >= 11 is 0.959. The lowest BCUT2D eigenvalue weighted by Crippen LogP contribution is -2.35. The van der Waals surface area contributed by atoms with Crippen molar-refractivity contribution in [3.05, 3.63) is 54.2 Å². The first-order valence-corrected chi connectivity index (χ1v) is 8.03. The molecular weight excluding hydrogens is 349 g/mol. The van der Waals surface area contributed by atoms with Crippen LogP contribution >= 0.6 is 11.8 Å². The van der Waals surface area contributed by atoms with E-state index in [0.29, 0.717) is 11.4 Å². The Bertz CT molecular complexity index is 834. The normalized spacial score (nSPS) is 19.2. The van der Waals surface area contributed by atoms with Gasteiger partial charge in [0.05, 0.1) is 23.4 Å². The molecule has 0 bridgehead atoms. The maximum absolute atomic E-state index is 13.1. The van der Waals surface area contributed by atoms with Crippen molar-refractivity contribution >= 4 is 40.7 Å². The SMILES string of the molecule is O=C([O-])C[C@H]1S/C(=N/N=C\c2ccco2)N(c2ccc(F)cc2)C1=O. The number of aliphatic carboxylic acids is 1. The van der Waals surface area contributed by atoms with Crippen molar-refractivity contribution in [3.8, 4) is 0 Å². The highest BCUT2D eigenvalue weighted by atomic mass is 32.2. The first-order valence-electron chi connectivity index (χ1n) is 7.15. The van der Waals surface area contributed by atoms with Gasteiger partial charge in [0.25, 0.3) is 0 Å². The van der Waals surface area contributed by atoms with Crippen LogP contribution in [0, 0.1) is 5.82 Å². The summed E-state index contributed by atoms with van der Waals surface area (Å²) in [5.41, 5.74) is 0.367. The second-order valence-corrected chi connectivity index (χ2v) is 6.15. The molecule has 1 aromatic heterocycles. The minimum absolute atomic E-state index is 0.186. The number of furan rings is 1. The fourth-order valence-corrected chi connectivity index (χ4v) is 3.22. The number of carboxylic acids is 1. The standard InChI is InChI=1S/C16H12FN3O4S/c17-10-3-5-11(6-4-10)20-15(23)13(8-14(21)22)25-16(20)19-18-9-12-2-1-7-24-12/h1-7,9,13H,8H2,(H,21,22)/p-1/b18-9-,19-16+/t13-/m1/s1. The van der Waals surface area contributed by atoms with Crippen LogP contribution in [0.25, 0.3) is 0 Å². The van der Waals surface area contributed by atoms with Crippen LogP contribution < -0.4 is 10.0 Å². The number of carboxylic acid groups (broad SMARTS) is 1. The van der Waals surface area contributed by atoms with E-state index in [2.05, 4.69) is 10.2 Å². The van der Waals surface area contributed by atoms with E-state index in [1.165, 1.54) is 41.6 Å². The molecule has 0 aliphatic carbocycles. The Morgan fingerprint density at radius 2 is 2.12 bits per heavy atom. The number of hydrogen-bond acceptors (Lipinski definition) is 7. The molecule has 25 heavy (non-hydrogen) atoms. The van der Waals surface area contributed by atoms with Crippen LogP contribution in [0.3, 0.4) is 0 Å². The fraction of sp³-hybridized carbons (Fsp3) is 0.125. The second kappa shape index (κ2) is 7.31. The number of anilines is 1. The Hall–Kier alpha value is -2.94. The van der Waals surface area contributed by atoms with Crippen molar-refractivity contribution in [3.63, 3.8) is 0 Å². The van der Waals surface area contributed by atoms with Gasteiger partial charge in [-0.1, -0.05) is 11.8 Å². The monoisotopic (exact) mass is 360 g/mol. The first-order chi connectivity index (χ1) is 12.0. The maximum Gasteiger partial charge on any atom is 0.247 e. The molecule has 0 spiro atoms. The average Bonchev–Trinajstić information content (AvgIpc) is 3.18. The molecule has 1 saturated heterocycles. The highest BCUT2D eigenvalue weighted by molar-refractivity contribution is 8.16. The molecule has 1 aliphatic rings. The van der Waals surface area contributed by atoms with Crippen molar-refractivity contribution in [1.29, 1.82) is 0 Å². The zero-order valence-electron chi connectivity index (χ0n) is 12.7. The van der Waals surface area contributed by atoms with Crippen LogP contribution in [0.2, 0.25) is 0 Å². The molecule has 3 rings (SSSR count). The molecule has 1 aliphatic heterocycles. The smallest absolute Gasteiger partial charge is 0.247 e. The number of carbonyl (C=O) groups is 2. The second-order valence-electron chi connectivity index (χ2n) is 4.98. The largest absolute Gasteiger partial charge is 0.550 e. The van der Waals surface area contributed by atoms with Crippen molar-refractivity contribution < 1.29 is 23.5 Å². The highest BCUT2D eigenvalue weighted by Gasteiger charge is 2.39. The molecule has 2 aromatic rings. The summed E-state index contributed by atoms with van der Waals surface area (Å²) < 4.78 is 18.2. The van der Waals surface area contributed by atoms with E-state index < -0.39 is 29.4 Å². The zero-order valence-corrected chi connectivity index (χ0v) is 13.5.